The minimum absolute atomic E-state index is 0.0841. The van der Waals surface area contributed by atoms with Crippen molar-refractivity contribution >= 4 is 17.6 Å². The molecular weight excluding hydrogens is 283 g/mol. The van der Waals surface area contributed by atoms with Crippen LogP contribution in [0.1, 0.15) is 18.4 Å². The van der Waals surface area contributed by atoms with Crippen LogP contribution in [-0.2, 0) is 6.18 Å². The largest absolute Gasteiger partial charge is 0.416 e. The molecule has 0 aromatic heterocycles. The number of benzene rings is 1. The molecule has 114 valence electrons. The van der Waals surface area contributed by atoms with Gasteiger partial charge in [-0.05, 0) is 37.1 Å². The normalized spacial score (nSPS) is 17.4. The van der Waals surface area contributed by atoms with Crippen molar-refractivity contribution in [3.05, 3.63) is 29.8 Å². The average Bonchev–Trinajstić information content (AvgIpc) is 2.92. The first kappa shape index (κ1) is 15.1. The quantitative estimate of drug-likeness (QED) is 0.615. The van der Waals surface area contributed by atoms with E-state index in [1.807, 2.05) is 4.90 Å². The lowest BCUT2D eigenvalue weighted by Gasteiger charge is -2.15. The topological polar surface area (TPSA) is 80.0 Å². The van der Waals surface area contributed by atoms with E-state index in [0.29, 0.717) is 5.69 Å². The lowest BCUT2D eigenvalue weighted by Crippen LogP contribution is -2.36. The van der Waals surface area contributed by atoms with Gasteiger partial charge in [-0.15, -0.1) is 0 Å². The molecule has 4 N–H and O–H groups in total. The minimum atomic E-state index is -4.37. The van der Waals surface area contributed by atoms with Crippen LogP contribution in [0, 0.1) is 0 Å². The van der Waals surface area contributed by atoms with Crippen LogP contribution >= 0.6 is 0 Å². The maximum Gasteiger partial charge on any atom is 0.416 e. The number of aliphatic imine (C=N–C) groups is 2. The molecule has 2 rings (SSSR count). The Morgan fingerprint density at radius 1 is 1.05 bits per heavy atom. The molecule has 1 aliphatic rings. The molecule has 0 amide bonds. The highest BCUT2D eigenvalue weighted by atomic mass is 19.4. The van der Waals surface area contributed by atoms with Crippen molar-refractivity contribution in [1.82, 2.24) is 4.90 Å². The van der Waals surface area contributed by atoms with Gasteiger partial charge in [0.25, 0.3) is 0 Å². The zero-order valence-corrected chi connectivity index (χ0v) is 11.3. The lowest BCUT2D eigenvalue weighted by molar-refractivity contribution is -0.137. The summed E-state index contributed by atoms with van der Waals surface area (Å²) in [5.41, 5.74) is 11.0. The van der Waals surface area contributed by atoms with Crippen LogP contribution in [0.5, 0.6) is 0 Å². The van der Waals surface area contributed by atoms with Crippen LogP contribution < -0.4 is 11.5 Å². The standard InChI is InChI=1S/C13H16F3N5/c14-13(15,16)9-3-5-10(6-4-9)19-11(17)20-12(18)21-7-1-2-8-21/h3-6H,1-2,7-8H2,(H4,17,18,19,20). The third-order valence-corrected chi connectivity index (χ3v) is 3.10. The molecule has 1 aliphatic heterocycles. The van der Waals surface area contributed by atoms with Gasteiger partial charge in [-0.25, -0.2) is 4.99 Å². The second kappa shape index (κ2) is 6.02. The van der Waals surface area contributed by atoms with E-state index in [9.17, 15) is 13.2 Å². The highest BCUT2D eigenvalue weighted by Gasteiger charge is 2.29. The van der Waals surface area contributed by atoms with Gasteiger partial charge in [0.05, 0.1) is 11.3 Å². The number of nitrogens with two attached hydrogens (primary N) is 2. The molecule has 0 atom stereocenters. The van der Waals surface area contributed by atoms with Gasteiger partial charge in [-0.3, -0.25) is 0 Å². The van der Waals surface area contributed by atoms with Crippen LogP contribution in [0.3, 0.4) is 0 Å². The van der Waals surface area contributed by atoms with Crippen molar-refractivity contribution in [3.63, 3.8) is 0 Å². The Morgan fingerprint density at radius 2 is 1.62 bits per heavy atom. The van der Waals surface area contributed by atoms with E-state index < -0.39 is 11.7 Å². The fourth-order valence-corrected chi connectivity index (χ4v) is 2.02. The van der Waals surface area contributed by atoms with E-state index in [1.165, 1.54) is 12.1 Å². The maximum absolute atomic E-state index is 12.4. The summed E-state index contributed by atoms with van der Waals surface area (Å²) in [5.74, 6) is 0.194. The molecule has 0 bridgehead atoms. The SMILES string of the molecule is NC(=Nc1ccc(C(F)(F)F)cc1)N=C(N)N1CCCC1. The monoisotopic (exact) mass is 299 g/mol. The summed E-state index contributed by atoms with van der Waals surface area (Å²) in [6.45, 7) is 1.64. The van der Waals surface area contributed by atoms with E-state index >= 15 is 0 Å². The number of hydrogen-bond acceptors (Lipinski definition) is 1. The molecule has 0 saturated carbocycles. The van der Waals surface area contributed by atoms with Crippen LogP contribution in [0.2, 0.25) is 0 Å². The molecule has 5 nitrogen and oxygen atoms in total. The van der Waals surface area contributed by atoms with Gasteiger partial charge in [0.1, 0.15) is 0 Å². The molecule has 1 heterocycles. The van der Waals surface area contributed by atoms with Crippen molar-refractivity contribution in [2.45, 2.75) is 19.0 Å². The Bertz CT molecular complexity index is 542. The van der Waals surface area contributed by atoms with Gasteiger partial charge >= 0.3 is 6.18 Å². The highest BCUT2D eigenvalue weighted by molar-refractivity contribution is 5.94. The van der Waals surface area contributed by atoms with E-state index in [0.717, 1.165) is 38.1 Å². The second-order valence-electron chi connectivity index (χ2n) is 4.68. The van der Waals surface area contributed by atoms with Crippen LogP contribution in [0.15, 0.2) is 34.3 Å². The van der Waals surface area contributed by atoms with Gasteiger partial charge in [0, 0.05) is 13.1 Å². The number of nitrogens with zero attached hydrogens (tertiary/aromatic N) is 3. The maximum atomic E-state index is 12.4. The van der Waals surface area contributed by atoms with Gasteiger partial charge in [0.15, 0.2) is 5.96 Å². The molecule has 0 spiro atoms. The number of alkyl halides is 3. The molecule has 8 heteroatoms. The first-order valence-electron chi connectivity index (χ1n) is 6.47. The third-order valence-electron chi connectivity index (χ3n) is 3.10. The Balaban J connectivity index is 2.09. The average molecular weight is 299 g/mol. The highest BCUT2D eigenvalue weighted by Crippen LogP contribution is 2.30. The van der Waals surface area contributed by atoms with Crippen molar-refractivity contribution < 1.29 is 13.2 Å². The summed E-state index contributed by atoms with van der Waals surface area (Å²) >= 11 is 0. The van der Waals surface area contributed by atoms with Crippen molar-refractivity contribution in [2.24, 2.45) is 21.5 Å². The van der Waals surface area contributed by atoms with Crippen LogP contribution in [-0.4, -0.2) is 29.9 Å². The summed E-state index contributed by atoms with van der Waals surface area (Å²) in [6.07, 6.45) is -2.27. The van der Waals surface area contributed by atoms with Crippen molar-refractivity contribution in [2.75, 3.05) is 13.1 Å². The summed E-state index contributed by atoms with van der Waals surface area (Å²) in [7, 11) is 0. The number of rotatable bonds is 1. The van der Waals surface area contributed by atoms with Crippen molar-refractivity contribution in [1.29, 1.82) is 0 Å². The molecule has 0 radical (unpaired) electrons. The summed E-state index contributed by atoms with van der Waals surface area (Å²) in [5, 5.41) is 0. The lowest BCUT2D eigenvalue weighted by atomic mass is 10.2. The van der Waals surface area contributed by atoms with Crippen LogP contribution in [0.25, 0.3) is 0 Å². The van der Waals surface area contributed by atoms with Crippen LogP contribution in [0.4, 0.5) is 18.9 Å². The Hall–Kier alpha value is -2.25. The zero-order valence-electron chi connectivity index (χ0n) is 11.3. The summed E-state index contributed by atoms with van der Waals surface area (Å²) in [4.78, 5) is 9.76. The van der Waals surface area contributed by atoms with Gasteiger partial charge < -0.3 is 16.4 Å². The first-order valence-corrected chi connectivity index (χ1v) is 6.47. The Labute approximate surface area is 120 Å². The molecular formula is C13H16F3N5. The molecule has 0 aliphatic carbocycles. The Kier molecular flexibility index (Phi) is 4.35. The third kappa shape index (κ3) is 4.11. The Morgan fingerprint density at radius 3 is 2.14 bits per heavy atom. The molecule has 1 fully saturated rings. The van der Waals surface area contributed by atoms with E-state index in [1.54, 1.807) is 0 Å². The predicted octanol–water partition coefficient (Wildman–Crippen LogP) is 2.06. The van der Waals surface area contributed by atoms with E-state index in [4.69, 9.17) is 11.5 Å². The summed E-state index contributed by atoms with van der Waals surface area (Å²) in [6, 6.07) is 4.35. The van der Waals surface area contributed by atoms with E-state index in [2.05, 4.69) is 9.98 Å². The van der Waals surface area contributed by atoms with Gasteiger partial charge in [-0.2, -0.15) is 18.2 Å². The second-order valence-corrected chi connectivity index (χ2v) is 4.68. The molecule has 1 aromatic carbocycles. The van der Waals surface area contributed by atoms with E-state index in [-0.39, 0.29) is 11.9 Å². The molecule has 0 unspecified atom stereocenters. The van der Waals surface area contributed by atoms with Gasteiger partial charge in [0.2, 0.25) is 5.96 Å². The van der Waals surface area contributed by atoms with Crippen molar-refractivity contribution in [3.8, 4) is 0 Å². The molecule has 21 heavy (non-hydrogen) atoms. The smallest absolute Gasteiger partial charge is 0.369 e. The fourth-order valence-electron chi connectivity index (χ4n) is 2.02. The molecule has 1 aromatic rings. The number of likely N-dealkylation sites (tertiary alicyclic amines) is 1. The van der Waals surface area contributed by atoms with Gasteiger partial charge in [-0.1, -0.05) is 0 Å². The number of hydrogen-bond donors (Lipinski definition) is 2. The fraction of sp³-hybridized carbons (Fsp3) is 0.385. The first-order chi connectivity index (χ1) is 9.86. The molecule has 1 saturated heterocycles. The number of guanidine groups is 2. The minimum Gasteiger partial charge on any atom is -0.369 e. The predicted molar refractivity (Wildman–Crippen MR) is 75.2 cm³/mol. The summed E-state index contributed by atoms with van der Waals surface area (Å²) < 4.78 is 37.3. The number of halogens is 3. The zero-order chi connectivity index (χ0) is 15.5.